The van der Waals surface area contributed by atoms with Gasteiger partial charge < -0.3 is 10.1 Å². The molecule has 0 rings (SSSR count). The number of rotatable bonds is 16. The Morgan fingerprint density at radius 2 is 1.11 bits per heavy atom. The van der Waals surface area contributed by atoms with E-state index in [2.05, 4.69) is 19.2 Å². The maximum atomic E-state index is 5.53. The third-order valence-electron chi connectivity index (χ3n) is 3.49. The molecular formula is C17H37NO. The standard InChI is InChI=1S/C17H37NO/c1-3-5-7-8-9-10-11-12-14-18-15-13-17-19-16-6-4-2/h18H,3-17H2,1-2H3. The minimum Gasteiger partial charge on any atom is -0.381 e. The van der Waals surface area contributed by atoms with E-state index in [0.29, 0.717) is 0 Å². The van der Waals surface area contributed by atoms with Crippen molar-refractivity contribution in [3.63, 3.8) is 0 Å². The van der Waals surface area contributed by atoms with Crippen molar-refractivity contribution in [2.45, 2.75) is 84.5 Å². The molecule has 0 unspecified atom stereocenters. The maximum Gasteiger partial charge on any atom is 0.0478 e. The minimum absolute atomic E-state index is 0.921. The first-order chi connectivity index (χ1) is 9.41. The van der Waals surface area contributed by atoms with Crippen LogP contribution in [-0.4, -0.2) is 26.3 Å². The van der Waals surface area contributed by atoms with E-state index in [1.165, 1.54) is 70.8 Å². The molecule has 0 spiro atoms. The molecule has 0 saturated carbocycles. The predicted molar refractivity (Wildman–Crippen MR) is 85.8 cm³/mol. The van der Waals surface area contributed by atoms with Gasteiger partial charge in [-0.1, -0.05) is 65.2 Å². The van der Waals surface area contributed by atoms with E-state index in [1.807, 2.05) is 0 Å². The summed E-state index contributed by atoms with van der Waals surface area (Å²) in [6, 6.07) is 0. The quantitative estimate of drug-likeness (QED) is 0.402. The fourth-order valence-corrected chi connectivity index (χ4v) is 2.16. The van der Waals surface area contributed by atoms with E-state index >= 15 is 0 Å². The molecule has 1 N–H and O–H groups in total. The molecule has 0 aromatic heterocycles. The van der Waals surface area contributed by atoms with Crippen LogP contribution in [0.2, 0.25) is 0 Å². The van der Waals surface area contributed by atoms with Crippen molar-refractivity contribution < 1.29 is 4.74 Å². The Labute approximate surface area is 121 Å². The molecule has 0 bridgehead atoms. The highest BCUT2D eigenvalue weighted by molar-refractivity contribution is 4.50. The molecule has 2 nitrogen and oxygen atoms in total. The second-order valence-electron chi connectivity index (χ2n) is 5.54. The Morgan fingerprint density at radius 1 is 0.579 bits per heavy atom. The minimum atomic E-state index is 0.921. The number of nitrogens with one attached hydrogen (secondary N) is 1. The summed E-state index contributed by atoms with van der Waals surface area (Å²) in [6.45, 7) is 8.64. The van der Waals surface area contributed by atoms with Gasteiger partial charge in [0.2, 0.25) is 0 Å². The summed E-state index contributed by atoms with van der Waals surface area (Å²) in [7, 11) is 0. The topological polar surface area (TPSA) is 21.3 Å². The lowest BCUT2D eigenvalue weighted by Gasteiger charge is -2.06. The average molecular weight is 271 g/mol. The Hall–Kier alpha value is -0.0800. The summed E-state index contributed by atoms with van der Waals surface area (Å²) in [5.41, 5.74) is 0. The molecule has 19 heavy (non-hydrogen) atoms. The molecule has 116 valence electrons. The Kier molecular flexibility index (Phi) is 17.8. The largest absolute Gasteiger partial charge is 0.381 e. The number of unbranched alkanes of at least 4 members (excludes halogenated alkanes) is 8. The lowest BCUT2D eigenvalue weighted by molar-refractivity contribution is 0.129. The van der Waals surface area contributed by atoms with Crippen LogP contribution >= 0.6 is 0 Å². The van der Waals surface area contributed by atoms with E-state index in [9.17, 15) is 0 Å². The summed E-state index contributed by atoms with van der Waals surface area (Å²) in [5.74, 6) is 0. The van der Waals surface area contributed by atoms with Gasteiger partial charge in [-0.3, -0.25) is 0 Å². The molecule has 0 amide bonds. The van der Waals surface area contributed by atoms with E-state index in [0.717, 1.165) is 26.2 Å². The van der Waals surface area contributed by atoms with E-state index in [-0.39, 0.29) is 0 Å². The second-order valence-corrected chi connectivity index (χ2v) is 5.54. The van der Waals surface area contributed by atoms with Gasteiger partial charge in [-0.15, -0.1) is 0 Å². The van der Waals surface area contributed by atoms with Crippen LogP contribution < -0.4 is 5.32 Å². The van der Waals surface area contributed by atoms with Crippen LogP contribution in [0.4, 0.5) is 0 Å². The summed E-state index contributed by atoms with van der Waals surface area (Å²) in [6.07, 6.45) is 14.8. The zero-order chi connectivity index (χ0) is 14.0. The fourth-order valence-electron chi connectivity index (χ4n) is 2.16. The molecule has 0 aliphatic carbocycles. The third-order valence-corrected chi connectivity index (χ3v) is 3.49. The van der Waals surface area contributed by atoms with Gasteiger partial charge in [-0.25, -0.2) is 0 Å². The first-order valence-corrected chi connectivity index (χ1v) is 8.70. The zero-order valence-electron chi connectivity index (χ0n) is 13.5. The van der Waals surface area contributed by atoms with Gasteiger partial charge in [0.1, 0.15) is 0 Å². The highest BCUT2D eigenvalue weighted by Crippen LogP contribution is 2.07. The average Bonchev–Trinajstić information content (AvgIpc) is 2.43. The lowest BCUT2D eigenvalue weighted by Crippen LogP contribution is -2.18. The van der Waals surface area contributed by atoms with E-state index in [1.54, 1.807) is 0 Å². The second kappa shape index (κ2) is 17.9. The van der Waals surface area contributed by atoms with Crippen LogP contribution in [-0.2, 0) is 4.74 Å². The summed E-state index contributed by atoms with van der Waals surface area (Å²) >= 11 is 0. The van der Waals surface area contributed by atoms with Crippen molar-refractivity contribution in [3.8, 4) is 0 Å². The predicted octanol–water partition coefficient (Wildman–Crippen LogP) is 4.92. The van der Waals surface area contributed by atoms with Gasteiger partial charge >= 0.3 is 0 Å². The highest BCUT2D eigenvalue weighted by atomic mass is 16.5. The molecule has 0 aromatic carbocycles. The normalized spacial score (nSPS) is 11.1. The molecule has 0 radical (unpaired) electrons. The van der Waals surface area contributed by atoms with Crippen molar-refractivity contribution in [1.29, 1.82) is 0 Å². The molecule has 0 saturated heterocycles. The number of ether oxygens (including phenoxy) is 1. The van der Waals surface area contributed by atoms with Gasteiger partial charge in [0.15, 0.2) is 0 Å². The van der Waals surface area contributed by atoms with Crippen LogP contribution in [0, 0.1) is 0 Å². The lowest BCUT2D eigenvalue weighted by atomic mass is 10.1. The van der Waals surface area contributed by atoms with Crippen LogP contribution in [0.3, 0.4) is 0 Å². The monoisotopic (exact) mass is 271 g/mol. The molecule has 2 heteroatoms. The molecule has 0 fully saturated rings. The van der Waals surface area contributed by atoms with Crippen LogP contribution in [0.1, 0.15) is 84.5 Å². The molecule has 0 atom stereocenters. The SMILES string of the molecule is CCCCCCCCCCNCCCOCCCC. The summed E-state index contributed by atoms with van der Waals surface area (Å²) < 4.78 is 5.53. The van der Waals surface area contributed by atoms with Gasteiger partial charge in [0.25, 0.3) is 0 Å². The third kappa shape index (κ3) is 17.9. The smallest absolute Gasteiger partial charge is 0.0478 e. The van der Waals surface area contributed by atoms with Crippen molar-refractivity contribution >= 4 is 0 Å². The number of hydrogen-bond donors (Lipinski definition) is 1. The maximum absolute atomic E-state index is 5.53. The van der Waals surface area contributed by atoms with Crippen molar-refractivity contribution in [2.75, 3.05) is 26.3 Å². The molecule has 0 aromatic rings. The van der Waals surface area contributed by atoms with Crippen LogP contribution in [0.25, 0.3) is 0 Å². The van der Waals surface area contributed by atoms with E-state index < -0.39 is 0 Å². The molecule has 0 aliphatic heterocycles. The molecular weight excluding hydrogens is 234 g/mol. The van der Waals surface area contributed by atoms with Crippen molar-refractivity contribution in [2.24, 2.45) is 0 Å². The Balaban J connectivity index is 2.88. The van der Waals surface area contributed by atoms with Crippen molar-refractivity contribution in [3.05, 3.63) is 0 Å². The van der Waals surface area contributed by atoms with Gasteiger partial charge in [0, 0.05) is 13.2 Å². The summed E-state index contributed by atoms with van der Waals surface area (Å²) in [4.78, 5) is 0. The Bertz CT molecular complexity index is 134. The van der Waals surface area contributed by atoms with Crippen LogP contribution in [0.15, 0.2) is 0 Å². The fraction of sp³-hybridized carbons (Fsp3) is 1.00. The van der Waals surface area contributed by atoms with Gasteiger partial charge in [-0.05, 0) is 32.4 Å². The van der Waals surface area contributed by atoms with Crippen LogP contribution in [0.5, 0.6) is 0 Å². The van der Waals surface area contributed by atoms with E-state index in [4.69, 9.17) is 4.74 Å². The molecule has 0 aliphatic rings. The molecule has 0 heterocycles. The Morgan fingerprint density at radius 3 is 1.79 bits per heavy atom. The first kappa shape index (κ1) is 18.9. The number of hydrogen-bond acceptors (Lipinski definition) is 2. The highest BCUT2D eigenvalue weighted by Gasteiger charge is 1.92. The van der Waals surface area contributed by atoms with Gasteiger partial charge in [0.05, 0.1) is 0 Å². The van der Waals surface area contributed by atoms with Crippen molar-refractivity contribution in [1.82, 2.24) is 5.32 Å². The van der Waals surface area contributed by atoms with Gasteiger partial charge in [-0.2, -0.15) is 0 Å². The first-order valence-electron chi connectivity index (χ1n) is 8.70. The zero-order valence-corrected chi connectivity index (χ0v) is 13.5. The summed E-state index contributed by atoms with van der Waals surface area (Å²) in [5, 5.41) is 3.51.